The van der Waals surface area contributed by atoms with Gasteiger partial charge in [-0.3, -0.25) is 14.8 Å². The summed E-state index contributed by atoms with van der Waals surface area (Å²) >= 11 is 14.4. The summed E-state index contributed by atoms with van der Waals surface area (Å²) in [4.78, 5) is 24.8. The summed E-state index contributed by atoms with van der Waals surface area (Å²) in [5, 5.41) is 0.963. The molecule has 0 radical (unpaired) electrons. The lowest BCUT2D eigenvalue weighted by atomic mass is 9.91. The second kappa shape index (κ2) is 15.4. The monoisotopic (exact) mass is 838 g/mol. The minimum absolute atomic E-state index is 0.214. The van der Waals surface area contributed by atoms with Crippen LogP contribution in [0.2, 0.25) is 0 Å². The number of amides is 1. The first-order valence-electron chi connectivity index (χ1n) is 13.7. The lowest BCUT2D eigenvalue weighted by Gasteiger charge is -2.41. The van der Waals surface area contributed by atoms with E-state index in [0.717, 1.165) is 29.6 Å². The molecule has 1 amide bonds. The maximum absolute atomic E-state index is 14.3. The van der Waals surface area contributed by atoms with Crippen LogP contribution in [0.5, 0.6) is 0 Å². The summed E-state index contributed by atoms with van der Waals surface area (Å²) < 4.78 is 202. The van der Waals surface area contributed by atoms with Gasteiger partial charge < -0.3 is 5.32 Å². The molecule has 0 aliphatic rings. The Balaban J connectivity index is 0.00000180. The zero-order valence-electron chi connectivity index (χ0n) is 25.2. The largest absolute Gasteiger partial charge is 0.460 e. The number of nitrogens with zero attached hydrogens (tertiary/aromatic N) is 3. The lowest BCUT2D eigenvalue weighted by molar-refractivity contribution is -0.449. The summed E-state index contributed by atoms with van der Waals surface area (Å²) in [6.07, 6.45) is -4.81. The quantitative estimate of drug-likeness (QED) is 0.128. The van der Waals surface area contributed by atoms with Gasteiger partial charge >= 0.3 is 47.6 Å². The van der Waals surface area contributed by atoms with Crippen molar-refractivity contribution in [2.45, 2.75) is 46.0 Å². The van der Waals surface area contributed by atoms with Gasteiger partial charge in [-0.2, -0.15) is 65.9 Å². The summed E-state index contributed by atoms with van der Waals surface area (Å²) in [6.45, 7) is 0. The molecule has 23 heteroatoms. The highest BCUT2D eigenvalue weighted by Crippen LogP contribution is 2.62. The average Bonchev–Trinajstić information content (AvgIpc) is 3.08. The van der Waals surface area contributed by atoms with Crippen molar-refractivity contribution in [3.63, 3.8) is 0 Å². The molecule has 288 valence electrons. The first-order valence-corrected chi connectivity index (χ1v) is 15.0. The maximum Gasteiger partial charge on any atom is 0.460 e. The molecule has 5 nitrogen and oxygen atoms in total. The number of hydrogen-bond acceptors (Lipinski definition) is 4. The van der Waals surface area contributed by atoms with Crippen LogP contribution in [0.1, 0.15) is 0 Å². The molecule has 0 atom stereocenters. The van der Waals surface area contributed by atoms with Crippen LogP contribution in [-0.4, -0.2) is 66.9 Å². The van der Waals surface area contributed by atoms with Crippen molar-refractivity contribution in [2.75, 3.05) is 5.32 Å². The van der Waals surface area contributed by atoms with Crippen molar-refractivity contribution in [2.24, 2.45) is 0 Å². The van der Waals surface area contributed by atoms with E-state index in [1.165, 1.54) is 24.5 Å². The highest BCUT2D eigenvalue weighted by molar-refractivity contribution is 6.63. The molecule has 1 N–H and O–H groups in total. The fourth-order valence-electron chi connectivity index (χ4n) is 4.05. The molecule has 0 saturated heterocycles. The molecule has 0 spiro atoms. The molecule has 1 aromatic carbocycles. The highest BCUT2D eigenvalue weighted by Gasteiger charge is 2.94. The summed E-state index contributed by atoms with van der Waals surface area (Å²) in [6, 6.07) is 16.3. The van der Waals surface area contributed by atoms with Gasteiger partial charge in [-0.25, -0.2) is 4.98 Å². The smallest absolute Gasteiger partial charge is 0.321 e. The van der Waals surface area contributed by atoms with Crippen molar-refractivity contribution in [1.82, 2.24) is 15.0 Å². The number of halogens is 18. The van der Waals surface area contributed by atoms with Crippen molar-refractivity contribution in [3.05, 3.63) is 85.2 Å². The van der Waals surface area contributed by atoms with Gasteiger partial charge in [0.2, 0.25) is 0 Å². The molecule has 0 bridgehead atoms. The van der Waals surface area contributed by atoms with Crippen molar-refractivity contribution in [3.8, 4) is 33.9 Å². The van der Waals surface area contributed by atoms with Gasteiger partial charge in [0, 0.05) is 18.1 Å². The Labute approximate surface area is 302 Å². The van der Waals surface area contributed by atoms with Gasteiger partial charge in [-0.05, 0) is 59.7 Å². The number of hydrogen-bond donors (Lipinski definition) is 1. The van der Waals surface area contributed by atoms with Gasteiger partial charge in [0.05, 0.1) is 22.8 Å². The number of pyridine rings is 3. The second-order valence-electron chi connectivity index (χ2n) is 10.3. The number of benzene rings is 1. The Kier molecular flexibility index (Phi) is 12.6. The fourth-order valence-corrected chi connectivity index (χ4v) is 4.05. The van der Waals surface area contributed by atoms with Crippen LogP contribution in [0.15, 0.2) is 85.2 Å². The Morgan fingerprint density at radius 1 is 0.528 bits per heavy atom. The van der Waals surface area contributed by atoms with E-state index >= 15 is 0 Å². The van der Waals surface area contributed by atoms with Crippen molar-refractivity contribution < 1.29 is 70.7 Å². The third-order valence-electron chi connectivity index (χ3n) is 6.77. The number of carbonyl (C=O) groups is 1. The van der Waals surface area contributed by atoms with Crippen LogP contribution in [0.25, 0.3) is 33.9 Å². The number of anilines is 1. The zero-order valence-corrected chi connectivity index (χ0v) is 27.5. The Hall–Kier alpha value is -4.04. The molecule has 0 aliphatic carbocycles. The first-order chi connectivity index (χ1) is 24.1. The number of carbonyl (C=O) groups excluding carboxylic acids is 1. The minimum atomic E-state index is -8.50. The zero-order chi connectivity index (χ0) is 40.4. The van der Waals surface area contributed by atoms with E-state index in [9.17, 15) is 70.7 Å². The molecule has 4 aromatic rings. The second-order valence-corrected chi connectivity index (χ2v) is 12.3. The minimum Gasteiger partial charge on any atom is -0.321 e. The van der Waals surface area contributed by atoms with Crippen LogP contribution in [-0.2, 0) is 4.79 Å². The fraction of sp³-hybridized carbons (Fsp3) is 0.267. The molecule has 53 heavy (non-hydrogen) atoms. The van der Waals surface area contributed by atoms with E-state index in [2.05, 4.69) is 15.0 Å². The van der Waals surface area contributed by atoms with Gasteiger partial charge in [0.15, 0.2) is 4.30 Å². The molecule has 0 saturated carbocycles. The molecule has 4 rings (SSSR count). The average molecular weight is 840 g/mol. The van der Waals surface area contributed by atoms with Crippen molar-refractivity contribution in [1.29, 1.82) is 0 Å². The Bertz CT molecular complexity index is 1800. The number of aromatic nitrogens is 3. The maximum atomic E-state index is 14.3. The molecule has 3 aromatic heterocycles. The van der Waals surface area contributed by atoms with Gasteiger partial charge in [-0.15, -0.1) is 0 Å². The number of alkyl halides is 18. The van der Waals surface area contributed by atoms with Gasteiger partial charge in [0.25, 0.3) is 0 Å². The third kappa shape index (κ3) is 8.38. The SMILES string of the molecule is ClC(Cl)Cl.O=C(Nc1ccc(-c2cc(-c3ccccn3)nc(-c3ccccn3)c2)cc1)C(F)(F)C(F)(F)C(F)(F)C(F)(F)C(F)(F)C(F)(F)C(F)(F)F. The molecule has 0 fully saturated rings. The van der Waals surface area contributed by atoms with Gasteiger partial charge in [0.1, 0.15) is 0 Å². The number of rotatable bonds is 10. The number of nitrogens with one attached hydrogen (secondary N) is 1. The summed E-state index contributed by atoms with van der Waals surface area (Å²) in [5.74, 6) is -52.0. The van der Waals surface area contributed by atoms with E-state index in [0.29, 0.717) is 28.3 Å². The predicted octanol–water partition coefficient (Wildman–Crippen LogP) is 11.2. The normalized spacial score (nSPS) is 13.3. The molecular formula is C30H16Cl3F15N4O. The molecule has 3 heterocycles. The third-order valence-corrected chi connectivity index (χ3v) is 6.77. The van der Waals surface area contributed by atoms with E-state index in [-0.39, 0.29) is 5.56 Å². The Morgan fingerprint density at radius 2 is 0.925 bits per heavy atom. The van der Waals surface area contributed by atoms with Crippen LogP contribution >= 0.6 is 34.8 Å². The van der Waals surface area contributed by atoms with Crippen LogP contribution in [0.3, 0.4) is 0 Å². The van der Waals surface area contributed by atoms with E-state index in [1.54, 1.807) is 36.4 Å². The standard InChI is InChI=1S/C29H15F15N4O.CHCl3/c30-23(31,24(32,33)25(34,35)26(36,37)27(38,39)28(40,41)29(42,43)44)22(49)47-17-9-7-15(8-10-17)16-13-20(18-5-1-3-11-45-18)48-21(14-16)19-6-2-4-12-46-19;2-1(3)4/h1-14H,(H,47,49);1H. The Morgan fingerprint density at radius 3 is 1.30 bits per heavy atom. The molecular weight excluding hydrogens is 824 g/mol. The van der Waals surface area contributed by atoms with E-state index < -0.39 is 57.6 Å². The molecule has 0 unspecified atom stereocenters. The topological polar surface area (TPSA) is 67.8 Å². The van der Waals surface area contributed by atoms with Crippen molar-refractivity contribution >= 4 is 46.4 Å². The summed E-state index contributed by atoms with van der Waals surface area (Å²) in [7, 11) is 0. The van der Waals surface area contributed by atoms with Crippen LogP contribution in [0.4, 0.5) is 71.5 Å². The van der Waals surface area contributed by atoms with E-state index in [4.69, 9.17) is 34.8 Å². The lowest BCUT2D eigenvalue weighted by Crippen LogP contribution is -2.73. The van der Waals surface area contributed by atoms with Gasteiger partial charge in [-0.1, -0.05) is 59.1 Å². The predicted molar refractivity (Wildman–Crippen MR) is 162 cm³/mol. The summed E-state index contributed by atoms with van der Waals surface area (Å²) in [5.41, 5.74) is 1.03. The van der Waals surface area contributed by atoms with E-state index in [1.807, 2.05) is 0 Å². The van der Waals surface area contributed by atoms with Crippen LogP contribution in [0, 0.1) is 0 Å². The highest BCUT2D eigenvalue weighted by atomic mass is 35.6. The first kappa shape index (κ1) is 43.4. The van der Waals surface area contributed by atoms with Crippen LogP contribution < -0.4 is 5.32 Å². The molecule has 0 aliphatic heterocycles.